The first kappa shape index (κ1) is 14.6. The van der Waals surface area contributed by atoms with Crippen LogP contribution in [0.25, 0.3) is 0 Å². The molecule has 0 unspecified atom stereocenters. The van der Waals surface area contributed by atoms with E-state index in [1.54, 1.807) is 7.11 Å². The molecule has 7 heteroatoms. The molecule has 1 N–H and O–H groups in total. The molecule has 2 heterocycles. The summed E-state index contributed by atoms with van der Waals surface area (Å²) in [6.07, 6.45) is 1.95. The summed E-state index contributed by atoms with van der Waals surface area (Å²) in [7, 11) is -2.01. The van der Waals surface area contributed by atoms with E-state index in [4.69, 9.17) is 14.2 Å². The lowest BCUT2D eigenvalue weighted by molar-refractivity contribution is 0.196. The van der Waals surface area contributed by atoms with Crippen molar-refractivity contribution < 1.29 is 22.6 Å². The van der Waals surface area contributed by atoms with Crippen LogP contribution in [-0.2, 0) is 27.6 Å². The van der Waals surface area contributed by atoms with Crippen LogP contribution in [0.5, 0.6) is 11.5 Å². The molecule has 0 radical (unpaired) electrons. The predicted molar refractivity (Wildman–Crippen MR) is 76.5 cm³/mol. The van der Waals surface area contributed by atoms with E-state index in [0.29, 0.717) is 50.7 Å². The average Bonchev–Trinajstić information content (AvgIpc) is 3.08. The Morgan fingerprint density at radius 2 is 2.10 bits per heavy atom. The number of hydrogen-bond acceptors (Lipinski definition) is 5. The van der Waals surface area contributed by atoms with Crippen LogP contribution in [0.1, 0.15) is 17.5 Å². The highest BCUT2D eigenvalue weighted by Crippen LogP contribution is 2.42. The minimum atomic E-state index is -3.60. The van der Waals surface area contributed by atoms with Gasteiger partial charge in [-0.05, 0) is 12.5 Å². The van der Waals surface area contributed by atoms with Gasteiger partial charge in [-0.15, -0.1) is 0 Å². The summed E-state index contributed by atoms with van der Waals surface area (Å²) < 4.78 is 43.9. The molecular formula is C14H19NO5S. The molecule has 6 nitrogen and oxygen atoms in total. The molecule has 0 aliphatic carbocycles. The van der Waals surface area contributed by atoms with Gasteiger partial charge in [-0.3, -0.25) is 0 Å². The number of hydrogen-bond donors (Lipinski definition) is 1. The fourth-order valence-electron chi connectivity index (χ4n) is 2.72. The van der Waals surface area contributed by atoms with E-state index in [9.17, 15) is 8.42 Å². The van der Waals surface area contributed by atoms with Gasteiger partial charge in [0.25, 0.3) is 0 Å². The van der Waals surface area contributed by atoms with E-state index < -0.39 is 10.0 Å². The predicted octanol–water partition coefficient (Wildman–Crippen LogP) is 0.871. The highest BCUT2D eigenvalue weighted by Gasteiger charge is 2.33. The standard InChI is InChI=1S/C14H19NO5S/c1-18-6-2-5-15-21(16,17)14-11-4-8-19-12(11)9-10-3-7-20-13(10)14/h9,15H,2-8H2,1H3. The van der Waals surface area contributed by atoms with Gasteiger partial charge < -0.3 is 14.2 Å². The zero-order valence-electron chi connectivity index (χ0n) is 12.0. The monoisotopic (exact) mass is 313 g/mol. The Bertz CT molecular complexity index is 609. The van der Waals surface area contributed by atoms with Crippen LogP contribution in [0.15, 0.2) is 11.0 Å². The summed E-state index contributed by atoms with van der Waals surface area (Å²) in [6, 6.07) is 1.91. The van der Waals surface area contributed by atoms with E-state index in [1.807, 2.05) is 6.07 Å². The molecule has 1 aromatic carbocycles. The van der Waals surface area contributed by atoms with E-state index >= 15 is 0 Å². The van der Waals surface area contributed by atoms with E-state index in [2.05, 4.69) is 4.72 Å². The molecule has 0 atom stereocenters. The highest BCUT2D eigenvalue weighted by atomic mass is 32.2. The van der Waals surface area contributed by atoms with Crippen molar-refractivity contribution in [1.82, 2.24) is 4.72 Å². The fourth-order valence-corrected chi connectivity index (χ4v) is 4.24. The Morgan fingerprint density at radius 1 is 1.29 bits per heavy atom. The Kier molecular flexibility index (Phi) is 4.05. The Hall–Kier alpha value is -1.31. The third-order valence-corrected chi connectivity index (χ3v) is 5.24. The summed E-state index contributed by atoms with van der Waals surface area (Å²) in [5, 5.41) is 0. The largest absolute Gasteiger partial charge is 0.493 e. The van der Waals surface area contributed by atoms with Crippen molar-refractivity contribution in [3.8, 4) is 11.5 Å². The minimum Gasteiger partial charge on any atom is -0.493 e. The first-order chi connectivity index (χ1) is 10.1. The number of ether oxygens (including phenoxy) is 3. The maximum Gasteiger partial charge on any atom is 0.244 e. The van der Waals surface area contributed by atoms with Crippen LogP contribution in [0, 0.1) is 0 Å². The van der Waals surface area contributed by atoms with Gasteiger partial charge >= 0.3 is 0 Å². The molecule has 0 saturated heterocycles. The van der Waals surface area contributed by atoms with E-state index in [-0.39, 0.29) is 4.90 Å². The first-order valence-corrected chi connectivity index (χ1v) is 8.55. The maximum absolute atomic E-state index is 12.6. The summed E-state index contributed by atoms with van der Waals surface area (Å²) >= 11 is 0. The topological polar surface area (TPSA) is 73.9 Å². The first-order valence-electron chi connectivity index (χ1n) is 7.06. The van der Waals surface area contributed by atoms with E-state index in [1.165, 1.54) is 0 Å². The lowest BCUT2D eigenvalue weighted by atomic mass is 10.1. The molecule has 3 rings (SSSR count). The number of sulfonamides is 1. The van der Waals surface area contributed by atoms with Crippen molar-refractivity contribution in [2.45, 2.75) is 24.2 Å². The Labute approximate surface area is 124 Å². The fraction of sp³-hybridized carbons (Fsp3) is 0.571. The van der Waals surface area contributed by atoms with Crippen molar-refractivity contribution in [2.24, 2.45) is 0 Å². The molecule has 1 aromatic rings. The van der Waals surface area contributed by atoms with Gasteiger partial charge in [-0.25, -0.2) is 13.1 Å². The highest BCUT2D eigenvalue weighted by molar-refractivity contribution is 7.89. The normalized spacial score (nSPS) is 16.2. The Morgan fingerprint density at radius 3 is 2.90 bits per heavy atom. The number of fused-ring (bicyclic) bond motifs is 2. The van der Waals surface area contributed by atoms with Gasteiger partial charge in [-0.2, -0.15) is 0 Å². The second-order valence-corrected chi connectivity index (χ2v) is 6.82. The quantitative estimate of drug-likeness (QED) is 0.789. The summed E-state index contributed by atoms with van der Waals surface area (Å²) in [5.74, 6) is 1.18. The van der Waals surface area contributed by atoms with Crippen LogP contribution >= 0.6 is 0 Å². The average molecular weight is 313 g/mol. The van der Waals surface area contributed by atoms with Crippen molar-refractivity contribution in [2.75, 3.05) is 33.5 Å². The minimum absolute atomic E-state index is 0.266. The summed E-state index contributed by atoms with van der Waals surface area (Å²) in [6.45, 7) is 1.90. The van der Waals surface area contributed by atoms with Crippen molar-refractivity contribution in [1.29, 1.82) is 0 Å². The molecule has 116 valence electrons. The molecule has 0 aromatic heterocycles. The third kappa shape index (κ3) is 2.73. The van der Waals surface area contributed by atoms with Crippen LogP contribution in [0.3, 0.4) is 0 Å². The van der Waals surface area contributed by atoms with Crippen LogP contribution in [0.2, 0.25) is 0 Å². The molecule has 0 bridgehead atoms. The molecule has 0 fully saturated rings. The molecule has 0 spiro atoms. The zero-order chi connectivity index (χ0) is 14.9. The van der Waals surface area contributed by atoms with Gasteiger partial charge in [0, 0.05) is 44.2 Å². The number of methoxy groups -OCH3 is 1. The lowest BCUT2D eigenvalue weighted by Crippen LogP contribution is -2.26. The Balaban J connectivity index is 1.94. The lowest BCUT2D eigenvalue weighted by Gasteiger charge is -2.14. The van der Waals surface area contributed by atoms with Crippen molar-refractivity contribution in [3.63, 3.8) is 0 Å². The summed E-state index contributed by atoms with van der Waals surface area (Å²) in [4.78, 5) is 0.266. The van der Waals surface area contributed by atoms with Gasteiger partial charge in [0.2, 0.25) is 10.0 Å². The smallest absolute Gasteiger partial charge is 0.244 e. The number of nitrogens with one attached hydrogen (secondary N) is 1. The zero-order valence-corrected chi connectivity index (χ0v) is 12.8. The van der Waals surface area contributed by atoms with Crippen LogP contribution < -0.4 is 14.2 Å². The molecule has 21 heavy (non-hydrogen) atoms. The van der Waals surface area contributed by atoms with Crippen LogP contribution in [-0.4, -0.2) is 41.9 Å². The van der Waals surface area contributed by atoms with Crippen molar-refractivity contribution in [3.05, 3.63) is 17.2 Å². The number of benzene rings is 1. The van der Waals surface area contributed by atoms with Gasteiger partial charge in [0.05, 0.1) is 13.2 Å². The molecule has 0 saturated carbocycles. The third-order valence-electron chi connectivity index (χ3n) is 3.69. The second-order valence-electron chi connectivity index (χ2n) is 5.11. The van der Waals surface area contributed by atoms with E-state index in [0.717, 1.165) is 17.5 Å². The van der Waals surface area contributed by atoms with Gasteiger partial charge in [0.1, 0.15) is 16.4 Å². The SMILES string of the molecule is COCCCNS(=O)(=O)c1c2c(cc3c1OCC3)OCC2. The molecule has 2 aliphatic rings. The maximum atomic E-state index is 12.6. The molecule has 0 amide bonds. The summed E-state index contributed by atoms with van der Waals surface area (Å²) in [5.41, 5.74) is 1.64. The second kappa shape index (κ2) is 5.82. The number of rotatable bonds is 6. The van der Waals surface area contributed by atoms with Crippen molar-refractivity contribution >= 4 is 10.0 Å². The van der Waals surface area contributed by atoms with Crippen LogP contribution in [0.4, 0.5) is 0 Å². The van der Waals surface area contributed by atoms with Gasteiger partial charge in [-0.1, -0.05) is 0 Å². The van der Waals surface area contributed by atoms with Gasteiger partial charge in [0.15, 0.2) is 0 Å². The molecular weight excluding hydrogens is 294 g/mol. The molecule has 2 aliphatic heterocycles.